The average molecular weight is 429 g/mol. The SMILES string of the molecule is CCC1CCC2C1=NC1=C(CCC1)C2NC(O)N=S(N)(=O)c1ccn(C(F)F)n1. The van der Waals surface area contributed by atoms with E-state index >= 15 is 0 Å². The molecule has 5 unspecified atom stereocenters. The van der Waals surface area contributed by atoms with E-state index in [4.69, 9.17) is 10.1 Å². The van der Waals surface area contributed by atoms with Crippen LogP contribution in [0.2, 0.25) is 0 Å². The van der Waals surface area contributed by atoms with Crippen LogP contribution in [-0.2, 0) is 9.92 Å². The Morgan fingerprint density at radius 2 is 2.24 bits per heavy atom. The lowest BCUT2D eigenvalue weighted by Crippen LogP contribution is -2.47. The number of nitrogens with two attached hydrogens (primary N) is 1. The quantitative estimate of drug-likeness (QED) is 0.604. The fraction of sp³-hybridized carbons (Fsp3) is 0.667. The number of hydrogen-bond donors (Lipinski definition) is 3. The monoisotopic (exact) mass is 428 g/mol. The van der Waals surface area contributed by atoms with Crippen molar-refractivity contribution in [1.29, 1.82) is 0 Å². The van der Waals surface area contributed by atoms with Gasteiger partial charge in [-0.15, -0.1) is 0 Å². The van der Waals surface area contributed by atoms with Crippen molar-refractivity contribution in [2.75, 3.05) is 0 Å². The Kier molecular flexibility index (Phi) is 5.58. The van der Waals surface area contributed by atoms with E-state index in [-0.39, 0.29) is 17.0 Å². The van der Waals surface area contributed by atoms with Crippen LogP contribution >= 0.6 is 0 Å². The number of rotatable bonds is 6. The molecule has 1 aliphatic heterocycles. The highest BCUT2D eigenvalue weighted by atomic mass is 32.2. The molecule has 0 radical (unpaired) electrons. The summed E-state index contributed by atoms with van der Waals surface area (Å²) in [5.41, 5.74) is 3.45. The molecule has 11 heteroatoms. The Hall–Kier alpha value is -1.69. The van der Waals surface area contributed by atoms with Crippen molar-refractivity contribution < 1.29 is 18.1 Å². The summed E-state index contributed by atoms with van der Waals surface area (Å²) in [6, 6.07) is 0.986. The van der Waals surface area contributed by atoms with Crippen molar-refractivity contribution in [2.45, 2.75) is 69.4 Å². The molecule has 4 rings (SSSR count). The average Bonchev–Trinajstić information content (AvgIpc) is 3.39. The molecule has 29 heavy (non-hydrogen) atoms. The largest absolute Gasteiger partial charge is 0.359 e. The minimum Gasteiger partial charge on any atom is -0.359 e. The Balaban J connectivity index is 1.57. The van der Waals surface area contributed by atoms with E-state index < -0.39 is 22.8 Å². The lowest BCUT2D eigenvalue weighted by molar-refractivity contribution is 0.0553. The number of aliphatic hydroxyl groups is 1. The number of alkyl halides is 2. The molecule has 1 saturated carbocycles. The van der Waals surface area contributed by atoms with Gasteiger partial charge in [-0.05, 0) is 56.1 Å². The first kappa shape index (κ1) is 20.6. The number of nitrogens with zero attached hydrogens (tertiary/aromatic N) is 4. The first-order chi connectivity index (χ1) is 13.8. The fourth-order valence-electron chi connectivity index (χ4n) is 4.71. The van der Waals surface area contributed by atoms with E-state index in [1.54, 1.807) is 0 Å². The topological polar surface area (TPSA) is 118 Å². The molecular weight excluding hydrogens is 402 g/mol. The minimum atomic E-state index is -3.63. The van der Waals surface area contributed by atoms with Crippen molar-refractivity contribution in [1.82, 2.24) is 15.1 Å². The highest BCUT2D eigenvalue weighted by Crippen LogP contribution is 2.44. The second-order valence-corrected chi connectivity index (χ2v) is 9.52. The van der Waals surface area contributed by atoms with Crippen LogP contribution in [0.15, 0.2) is 37.9 Å². The van der Waals surface area contributed by atoms with Crippen LogP contribution in [0.3, 0.4) is 0 Å². The summed E-state index contributed by atoms with van der Waals surface area (Å²) < 4.78 is 42.2. The molecule has 0 bridgehead atoms. The Bertz CT molecular complexity index is 965. The molecule has 160 valence electrons. The molecule has 8 nitrogen and oxygen atoms in total. The normalized spacial score (nSPS) is 29.4. The summed E-state index contributed by atoms with van der Waals surface area (Å²) in [5, 5.41) is 22.5. The first-order valence-electron chi connectivity index (χ1n) is 9.92. The third kappa shape index (κ3) is 3.88. The van der Waals surface area contributed by atoms with Gasteiger partial charge in [0.2, 0.25) is 6.35 Å². The van der Waals surface area contributed by atoms with E-state index in [9.17, 15) is 18.1 Å². The van der Waals surface area contributed by atoms with E-state index in [1.807, 2.05) is 0 Å². The Labute approximate surface area is 168 Å². The molecule has 2 heterocycles. The number of aliphatic hydroxyl groups excluding tert-OH is 1. The smallest absolute Gasteiger partial charge is 0.333 e. The second kappa shape index (κ2) is 7.86. The lowest BCUT2D eigenvalue weighted by Gasteiger charge is -2.32. The second-order valence-electron chi connectivity index (χ2n) is 7.75. The van der Waals surface area contributed by atoms with Crippen molar-refractivity contribution in [3.63, 3.8) is 0 Å². The van der Waals surface area contributed by atoms with Gasteiger partial charge in [0.05, 0.1) is 0 Å². The molecule has 1 fully saturated rings. The molecule has 3 aliphatic rings. The molecule has 1 aromatic heterocycles. The molecule has 0 amide bonds. The summed E-state index contributed by atoms with van der Waals surface area (Å²) >= 11 is 0. The maximum Gasteiger partial charge on any atom is 0.333 e. The Morgan fingerprint density at radius 1 is 1.45 bits per heavy atom. The summed E-state index contributed by atoms with van der Waals surface area (Å²) in [5.74, 6) is 0.624. The molecule has 4 N–H and O–H groups in total. The minimum absolute atomic E-state index is 0.135. The molecule has 0 spiro atoms. The van der Waals surface area contributed by atoms with Gasteiger partial charge in [0.1, 0.15) is 0 Å². The van der Waals surface area contributed by atoms with Gasteiger partial charge in [0.15, 0.2) is 14.9 Å². The third-order valence-electron chi connectivity index (χ3n) is 6.06. The van der Waals surface area contributed by atoms with E-state index in [2.05, 4.69) is 21.7 Å². The highest BCUT2D eigenvalue weighted by Gasteiger charge is 2.43. The maximum absolute atomic E-state index is 12.7. The van der Waals surface area contributed by atoms with Crippen LogP contribution in [-0.4, -0.2) is 37.2 Å². The van der Waals surface area contributed by atoms with Crippen LogP contribution in [0.5, 0.6) is 0 Å². The predicted molar refractivity (Wildman–Crippen MR) is 104 cm³/mol. The van der Waals surface area contributed by atoms with E-state index in [0.29, 0.717) is 10.6 Å². The third-order valence-corrected chi connectivity index (χ3v) is 7.39. The zero-order valence-electron chi connectivity index (χ0n) is 16.2. The molecule has 2 aliphatic carbocycles. The highest BCUT2D eigenvalue weighted by molar-refractivity contribution is 7.91. The number of allylic oxidation sites excluding steroid dienone is 1. The van der Waals surface area contributed by atoms with Gasteiger partial charge in [0, 0.05) is 29.6 Å². The van der Waals surface area contributed by atoms with Gasteiger partial charge in [-0.3, -0.25) is 10.3 Å². The maximum atomic E-state index is 12.7. The van der Waals surface area contributed by atoms with Gasteiger partial charge >= 0.3 is 6.55 Å². The van der Waals surface area contributed by atoms with Crippen molar-refractivity contribution in [2.24, 2.45) is 26.3 Å². The number of hydrogen-bond acceptors (Lipinski definition) is 6. The predicted octanol–water partition coefficient (Wildman–Crippen LogP) is 2.54. The molecule has 0 saturated heterocycles. The summed E-state index contributed by atoms with van der Waals surface area (Å²) in [6.07, 6.45) is 5.37. The van der Waals surface area contributed by atoms with Gasteiger partial charge in [0.25, 0.3) is 0 Å². The zero-order valence-corrected chi connectivity index (χ0v) is 17.0. The van der Waals surface area contributed by atoms with Gasteiger partial charge in [-0.25, -0.2) is 14.0 Å². The van der Waals surface area contributed by atoms with Gasteiger partial charge in [-0.1, -0.05) is 6.92 Å². The van der Waals surface area contributed by atoms with Crippen LogP contribution in [0, 0.1) is 11.8 Å². The van der Waals surface area contributed by atoms with Crippen LogP contribution in [0.1, 0.15) is 52.0 Å². The van der Waals surface area contributed by atoms with Crippen molar-refractivity contribution in [3.05, 3.63) is 23.5 Å². The molecule has 1 aromatic rings. The van der Waals surface area contributed by atoms with Crippen molar-refractivity contribution >= 4 is 15.6 Å². The van der Waals surface area contributed by atoms with Crippen molar-refractivity contribution in [3.8, 4) is 0 Å². The summed E-state index contributed by atoms with van der Waals surface area (Å²) in [6.45, 7) is -0.716. The lowest BCUT2D eigenvalue weighted by atomic mass is 9.85. The Morgan fingerprint density at radius 3 is 2.93 bits per heavy atom. The van der Waals surface area contributed by atoms with Gasteiger partial charge in [-0.2, -0.15) is 18.2 Å². The number of nitrogens with one attached hydrogen (secondary N) is 1. The molecule has 0 aromatic carbocycles. The number of fused-ring (bicyclic) bond motifs is 1. The molecular formula is C18H26F2N6O2S. The summed E-state index contributed by atoms with van der Waals surface area (Å²) in [7, 11) is -3.63. The fourth-order valence-corrected chi connectivity index (χ4v) is 5.64. The number of halogens is 2. The number of aliphatic imine (C=N–C) groups is 1. The first-order valence-corrected chi connectivity index (χ1v) is 11.5. The van der Waals surface area contributed by atoms with Crippen LogP contribution in [0.4, 0.5) is 8.78 Å². The zero-order chi connectivity index (χ0) is 20.8. The molecule has 5 atom stereocenters. The standard InChI is InChI=1S/C18H26F2N6O2S/c1-2-10-6-7-12-15(10)22-13-5-3-4-11(13)16(12)23-18(27)25-29(21,28)14-8-9-26(24-14)17(19)20/h8-10,12,16-18,23,27H,2-7H2,1H3,(H2,21,25,28). The van der Waals surface area contributed by atoms with E-state index in [0.717, 1.165) is 56.5 Å². The van der Waals surface area contributed by atoms with E-state index in [1.165, 1.54) is 11.3 Å². The van der Waals surface area contributed by atoms with Crippen LogP contribution in [0.25, 0.3) is 0 Å². The number of aromatic nitrogens is 2. The van der Waals surface area contributed by atoms with Gasteiger partial charge < -0.3 is 5.11 Å². The summed E-state index contributed by atoms with van der Waals surface area (Å²) in [4.78, 5) is 4.94. The van der Waals surface area contributed by atoms with Crippen LogP contribution < -0.4 is 10.5 Å².